The lowest BCUT2D eigenvalue weighted by molar-refractivity contribution is 0.408. The van der Waals surface area contributed by atoms with Crippen LogP contribution in [0.1, 0.15) is 26.2 Å². The number of allylic oxidation sites excluding steroid dienone is 2. The van der Waals surface area contributed by atoms with E-state index in [9.17, 15) is 0 Å². The Morgan fingerprint density at radius 2 is 2.56 bits per heavy atom. The van der Waals surface area contributed by atoms with Gasteiger partial charge >= 0.3 is 0 Å². The number of hydrogen-bond donors (Lipinski definition) is 0. The zero-order chi connectivity index (χ0) is 6.69. The Balaban J connectivity index is 2.35. The third-order valence-electron chi connectivity index (χ3n) is 1.27. The Morgan fingerprint density at radius 3 is 3.00 bits per heavy atom. The van der Waals surface area contributed by atoms with Crippen molar-refractivity contribution in [3.63, 3.8) is 0 Å². The van der Waals surface area contributed by atoms with Crippen LogP contribution in [0.5, 0.6) is 0 Å². The number of rotatable bonds is 1. The van der Waals surface area contributed by atoms with Crippen LogP contribution in [0, 0.1) is 0 Å². The van der Waals surface area contributed by atoms with Gasteiger partial charge in [-0.3, -0.25) is 0 Å². The predicted octanol–water partition coefficient (Wildman–Crippen LogP) is 2.42. The van der Waals surface area contributed by atoms with Crippen LogP contribution in [-0.2, 0) is 4.74 Å². The minimum atomic E-state index is 0.628. The summed E-state index contributed by atoms with van der Waals surface area (Å²) < 4.78 is 5.20. The second-order valence-corrected chi connectivity index (χ2v) is 2.73. The summed E-state index contributed by atoms with van der Waals surface area (Å²) in [7, 11) is 0. The normalized spacial score (nSPS) is 17.2. The monoisotopic (exact) mass is 142 g/mol. The Kier molecular flexibility index (Phi) is 2.22. The van der Waals surface area contributed by atoms with Crippen molar-refractivity contribution in [2.75, 3.05) is 0 Å². The molecule has 0 N–H and O–H groups in total. The Labute approximate surface area is 60.7 Å². The van der Waals surface area contributed by atoms with Gasteiger partial charge in [-0.2, -0.15) is 0 Å². The van der Waals surface area contributed by atoms with E-state index in [1.165, 1.54) is 6.42 Å². The molecule has 1 nitrogen and oxygen atoms in total. The summed E-state index contributed by atoms with van der Waals surface area (Å²) >= 11 is 4.77. The summed E-state index contributed by atoms with van der Waals surface area (Å²) in [4.78, 5) is 0. The smallest absolute Gasteiger partial charge is 0.163 e. The van der Waals surface area contributed by atoms with Crippen LogP contribution in [0.15, 0.2) is 11.8 Å². The van der Waals surface area contributed by atoms with E-state index in [1.54, 1.807) is 6.92 Å². The molecular weight excluding hydrogens is 132 g/mol. The van der Waals surface area contributed by atoms with Crippen LogP contribution in [0.25, 0.3) is 0 Å². The van der Waals surface area contributed by atoms with Gasteiger partial charge in [-0.05, 0) is 31.1 Å². The van der Waals surface area contributed by atoms with Gasteiger partial charge in [0.05, 0.1) is 0 Å². The van der Waals surface area contributed by atoms with Gasteiger partial charge in [-0.15, -0.1) is 0 Å². The van der Waals surface area contributed by atoms with Crippen molar-refractivity contribution < 1.29 is 4.74 Å². The molecule has 0 aromatic rings. The molecule has 0 saturated heterocycles. The van der Waals surface area contributed by atoms with Crippen molar-refractivity contribution in [3.8, 4) is 0 Å². The van der Waals surface area contributed by atoms with Crippen LogP contribution in [0.2, 0.25) is 0 Å². The molecule has 50 valence electrons. The lowest BCUT2D eigenvalue weighted by Gasteiger charge is -2.00. The van der Waals surface area contributed by atoms with Crippen molar-refractivity contribution in [1.82, 2.24) is 0 Å². The van der Waals surface area contributed by atoms with E-state index >= 15 is 0 Å². The maximum Gasteiger partial charge on any atom is 0.163 e. The van der Waals surface area contributed by atoms with Crippen LogP contribution < -0.4 is 0 Å². The number of thiocarbonyl (C=S) groups is 1. The molecule has 0 aromatic heterocycles. The van der Waals surface area contributed by atoms with Crippen molar-refractivity contribution in [2.45, 2.75) is 26.2 Å². The highest BCUT2D eigenvalue weighted by Gasteiger charge is 2.04. The summed E-state index contributed by atoms with van der Waals surface area (Å²) in [6.07, 6.45) is 5.54. The fourth-order valence-electron chi connectivity index (χ4n) is 0.919. The molecular formula is C7H10OS. The lowest BCUT2D eigenvalue weighted by Crippen LogP contribution is -1.92. The van der Waals surface area contributed by atoms with Gasteiger partial charge in [0, 0.05) is 13.3 Å². The van der Waals surface area contributed by atoms with Crippen molar-refractivity contribution >= 4 is 17.3 Å². The number of hydrogen-bond acceptors (Lipinski definition) is 2. The van der Waals surface area contributed by atoms with E-state index in [1.807, 2.05) is 0 Å². The third kappa shape index (κ3) is 2.14. The fourth-order valence-corrected chi connectivity index (χ4v) is 1.03. The molecule has 1 aliphatic carbocycles. The van der Waals surface area contributed by atoms with Gasteiger partial charge < -0.3 is 4.74 Å². The van der Waals surface area contributed by atoms with E-state index in [4.69, 9.17) is 17.0 Å². The number of ether oxygens (including phenoxy) is 1. The van der Waals surface area contributed by atoms with Crippen molar-refractivity contribution in [1.29, 1.82) is 0 Å². The van der Waals surface area contributed by atoms with Gasteiger partial charge in [0.1, 0.15) is 5.76 Å². The molecule has 0 amide bonds. The quantitative estimate of drug-likeness (QED) is 0.520. The first kappa shape index (κ1) is 6.75. The Morgan fingerprint density at radius 1 is 1.78 bits per heavy atom. The molecule has 2 heteroatoms. The first-order valence-corrected chi connectivity index (χ1v) is 3.57. The molecule has 0 fully saturated rings. The highest BCUT2D eigenvalue weighted by Crippen LogP contribution is 2.18. The Hall–Kier alpha value is -0.370. The summed E-state index contributed by atoms with van der Waals surface area (Å²) in [5, 5.41) is 0.628. The largest absolute Gasteiger partial charge is 0.455 e. The minimum absolute atomic E-state index is 0.628. The molecule has 9 heavy (non-hydrogen) atoms. The van der Waals surface area contributed by atoms with E-state index in [-0.39, 0.29) is 0 Å². The van der Waals surface area contributed by atoms with Crippen LogP contribution >= 0.6 is 12.2 Å². The molecule has 0 unspecified atom stereocenters. The standard InChI is InChI=1S/C7H10OS/c1-6(9)8-7-4-2-3-5-7/h4H,2-3,5H2,1H3. The molecule has 0 radical (unpaired) electrons. The summed E-state index contributed by atoms with van der Waals surface area (Å²) in [5.41, 5.74) is 0. The maximum atomic E-state index is 5.20. The average Bonchev–Trinajstić information content (AvgIpc) is 2.15. The van der Waals surface area contributed by atoms with Crippen molar-refractivity contribution in [2.24, 2.45) is 0 Å². The first-order valence-electron chi connectivity index (χ1n) is 3.16. The topological polar surface area (TPSA) is 9.23 Å². The van der Waals surface area contributed by atoms with Crippen LogP contribution in [0.4, 0.5) is 0 Å². The van der Waals surface area contributed by atoms with Gasteiger partial charge in [0.25, 0.3) is 0 Å². The van der Waals surface area contributed by atoms with Gasteiger partial charge in [-0.1, -0.05) is 0 Å². The second-order valence-electron chi connectivity index (χ2n) is 2.16. The van der Waals surface area contributed by atoms with E-state index in [0.717, 1.165) is 18.6 Å². The summed E-state index contributed by atoms with van der Waals surface area (Å²) in [5.74, 6) is 1.06. The van der Waals surface area contributed by atoms with E-state index < -0.39 is 0 Å². The molecule has 0 spiro atoms. The van der Waals surface area contributed by atoms with E-state index in [0.29, 0.717) is 5.05 Å². The summed E-state index contributed by atoms with van der Waals surface area (Å²) in [6.45, 7) is 1.80. The second kappa shape index (κ2) is 2.97. The third-order valence-corrected chi connectivity index (χ3v) is 1.36. The van der Waals surface area contributed by atoms with Crippen LogP contribution in [0.3, 0.4) is 0 Å². The highest BCUT2D eigenvalue weighted by molar-refractivity contribution is 7.80. The molecule has 0 aliphatic heterocycles. The zero-order valence-corrected chi connectivity index (χ0v) is 6.33. The molecule has 0 heterocycles. The minimum Gasteiger partial charge on any atom is -0.455 e. The zero-order valence-electron chi connectivity index (χ0n) is 5.52. The molecule has 0 bridgehead atoms. The maximum absolute atomic E-state index is 5.20. The fraction of sp³-hybridized carbons (Fsp3) is 0.571. The Bertz CT molecular complexity index is 149. The predicted molar refractivity (Wildman–Crippen MR) is 41.3 cm³/mol. The molecule has 0 saturated carbocycles. The van der Waals surface area contributed by atoms with Crippen molar-refractivity contribution in [3.05, 3.63) is 11.8 Å². The van der Waals surface area contributed by atoms with Gasteiger partial charge in [0.15, 0.2) is 5.05 Å². The summed E-state index contributed by atoms with van der Waals surface area (Å²) in [6, 6.07) is 0. The molecule has 1 rings (SSSR count). The van der Waals surface area contributed by atoms with E-state index in [2.05, 4.69) is 6.08 Å². The first-order chi connectivity index (χ1) is 4.29. The SMILES string of the molecule is CC(=S)OC1=CCCC1. The molecule has 0 atom stereocenters. The lowest BCUT2D eigenvalue weighted by atomic mass is 10.4. The van der Waals surface area contributed by atoms with Gasteiger partial charge in [0.2, 0.25) is 0 Å². The van der Waals surface area contributed by atoms with Crippen LogP contribution in [-0.4, -0.2) is 5.05 Å². The highest BCUT2D eigenvalue weighted by atomic mass is 32.1. The van der Waals surface area contributed by atoms with Gasteiger partial charge in [-0.25, -0.2) is 0 Å². The average molecular weight is 142 g/mol. The molecule has 1 aliphatic rings. The molecule has 0 aromatic carbocycles.